The highest BCUT2D eigenvalue weighted by Gasteiger charge is 2.17. The SMILES string of the molecule is COc1cc(CNC(=O)c2cc(C)nc3c2cnn3Cc2cccs2)ccc1OC(F)F. The van der Waals surface area contributed by atoms with Gasteiger partial charge in [-0.1, -0.05) is 12.1 Å². The smallest absolute Gasteiger partial charge is 0.387 e. The fourth-order valence-corrected chi connectivity index (χ4v) is 4.01. The number of carbonyl (C=O) groups excluding carboxylic acids is 1. The minimum atomic E-state index is -2.95. The highest BCUT2D eigenvalue weighted by atomic mass is 32.1. The van der Waals surface area contributed by atoms with E-state index in [9.17, 15) is 13.6 Å². The van der Waals surface area contributed by atoms with Crippen LogP contribution in [0.25, 0.3) is 11.0 Å². The molecule has 0 aliphatic heterocycles. The minimum Gasteiger partial charge on any atom is -0.493 e. The van der Waals surface area contributed by atoms with Gasteiger partial charge < -0.3 is 14.8 Å². The molecule has 0 aliphatic rings. The maximum absolute atomic E-state index is 12.9. The molecule has 0 radical (unpaired) electrons. The van der Waals surface area contributed by atoms with E-state index in [2.05, 4.69) is 20.1 Å². The average molecular weight is 458 g/mol. The van der Waals surface area contributed by atoms with Crippen LogP contribution in [-0.4, -0.2) is 34.4 Å². The molecule has 32 heavy (non-hydrogen) atoms. The molecule has 0 fully saturated rings. The zero-order valence-electron chi connectivity index (χ0n) is 17.3. The van der Waals surface area contributed by atoms with Gasteiger partial charge >= 0.3 is 6.61 Å². The molecule has 0 atom stereocenters. The van der Waals surface area contributed by atoms with E-state index in [1.807, 2.05) is 24.4 Å². The standard InChI is InChI=1S/C22H20F2N4O3S/c1-13-8-16(17-11-26-28(20(17)27-13)12-15-4-3-7-32-15)21(29)25-10-14-5-6-18(31-22(23)24)19(9-14)30-2/h3-9,11,22H,10,12H2,1-2H3,(H,25,29). The highest BCUT2D eigenvalue weighted by Crippen LogP contribution is 2.29. The molecule has 4 rings (SSSR count). The third-order valence-corrected chi connectivity index (χ3v) is 5.63. The summed E-state index contributed by atoms with van der Waals surface area (Å²) in [5.74, 6) is -0.195. The lowest BCUT2D eigenvalue weighted by atomic mass is 10.1. The summed E-state index contributed by atoms with van der Waals surface area (Å²) in [6.07, 6.45) is 1.64. The number of amides is 1. The maximum atomic E-state index is 12.9. The summed E-state index contributed by atoms with van der Waals surface area (Å²) in [5, 5.41) is 9.93. The molecule has 4 aromatic rings. The van der Waals surface area contributed by atoms with Crippen LogP contribution in [0.5, 0.6) is 11.5 Å². The van der Waals surface area contributed by atoms with Gasteiger partial charge in [-0.15, -0.1) is 11.3 Å². The number of nitrogens with zero attached hydrogens (tertiary/aromatic N) is 3. The summed E-state index contributed by atoms with van der Waals surface area (Å²) >= 11 is 1.63. The molecule has 3 heterocycles. The number of aromatic nitrogens is 3. The number of aryl methyl sites for hydroxylation is 1. The molecule has 0 spiro atoms. The lowest BCUT2D eigenvalue weighted by Crippen LogP contribution is -2.23. The number of fused-ring (bicyclic) bond motifs is 1. The van der Waals surface area contributed by atoms with Crippen LogP contribution in [0, 0.1) is 6.92 Å². The fourth-order valence-electron chi connectivity index (χ4n) is 3.32. The number of methoxy groups -OCH3 is 1. The lowest BCUT2D eigenvalue weighted by molar-refractivity contribution is -0.0512. The fraction of sp³-hybridized carbons (Fsp3) is 0.227. The lowest BCUT2D eigenvalue weighted by Gasteiger charge is -2.12. The van der Waals surface area contributed by atoms with Gasteiger partial charge in [-0.25, -0.2) is 9.67 Å². The molecule has 0 unspecified atom stereocenters. The second-order valence-corrected chi connectivity index (χ2v) is 8.01. The average Bonchev–Trinajstić information content (AvgIpc) is 3.42. The number of nitrogens with one attached hydrogen (secondary N) is 1. The third kappa shape index (κ3) is 4.70. The summed E-state index contributed by atoms with van der Waals surface area (Å²) in [4.78, 5) is 18.7. The monoisotopic (exact) mass is 458 g/mol. The van der Waals surface area contributed by atoms with Crippen molar-refractivity contribution in [2.75, 3.05) is 7.11 Å². The van der Waals surface area contributed by atoms with Gasteiger partial charge in [-0.3, -0.25) is 4.79 Å². The van der Waals surface area contributed by atoms with Crippen molar-refractivity contribution in [3.63, 3.8) is 0 Å². The first-order chi connectivity index (χ1) is 15.4. The number of rotatable bonds is 8. The van der Waals surface area contributed by atoms with Gasteiger partial charge in [0.25, 0.3) is 5.91 Å². The largest absolute Gasteiger partial charge is 0.493 e. The molecule has 1 N–H and O–H groups in total. The topological polar surface area (TPSA) is 78.3 Å². The van der Waals surface area contributed by atoms with E-state index in [1.54, 1.807) is 40.4 Å². The predicted molar refractivity (Wildman–Crippen MR) is 116 cm³/mol. The van der Waals surface area contributed by atoms with Crippen LogP contribution in [0.15, 0.2) is 48.0 Å². The molecule has 0 aliphatic carbocycles. The van der Waals surface area contributed by atoms with Crippen molar-refractivity contribution in [3.05, 3.63) is 69.7 Å². The van der Waals surface area contributed by atoms with Gasteiger partial charge in [0.1, 0.15) is 0 Å². The van der Waals surface area contributed by atoms with Crippen molar-refractivity contribution in [2.24, 2.45) is 0 Å². The first-order valence-electron chi connectivity index (χ1n) is 9.70. The number of carbonyl (C=O) groups is 1. The van der Waals surface area contributed by atoms with Crippen molar-refractivity contribution in [3.8, 4) is 11.5 Å². The van der Waals surface area contributed by atoms with Crippen LogP contribution in [0.2, 0.25) is 0 Å². The molecule has 0 saturated carbocycles. The number of hydrogen-bond acceptors (Lipinski definition) is 6. The first-order valence-corrected chi connectivity index (χ1v) is 10.6. The zero-order valence-corrected chi connectivity index (χ0v) is 18.2. The van der Waals surface area contributed by atoms with E-state index in [1.165, 1.54) is 13.2 Å². The highest BCUT2D eigenvalue weighted by molar-refractivity contribution is 7.09. The Hall–Kier alpha value is -3.53. The minimum absolute atomic E-state index is 0.0674. The van der Waals surface area contributed by atoms with Gasteiger partial charge in [0.05, 0.1) is 30.8 Å². The predicted octanol–water partition coefficient (Wildman–Crippen LogP) is 4.39. The van der Waals surface area contributed by atoms with E-state index in [-0.39, 0.29) is 24.0 Å². The molecule has 7 nitrogen and oxygen atoms in total. The summed E-state index contributed by atoms with van der Waals surface area (Å²) in [6, 6.07) is 10.2. The number of alkyl halides is 2. The Morgan fingerprint density at radius 2 is 2.09 bits per heavy atom. The van der Waals surface area contributed by atoms with Crippen molar-refractivity contribution >= 4 is 28.3 Å². The van der Waals surface area contributed by atoms with Crippen LogP contribution < -0.4 is 14.8 Å². The number of thiophene rings is 1. The van der Waals surface area contributed by atoms with Crippen molar-refractivity contribution in [1.82, 2.24) is 20.1 Å². The Morgan fingerprint density at radius 3 is 2.81 bits per heavy atom. The molecule has 166 valence electrons. The summed E-state index contributed by atoms with van der Waals surface area (Å²) in [7, 11) is 1.36. The van der Waals surface area contributed by atoms with Crippen LogP contribution in [0.4, 0.5) is 8.78 Å². The Kier molecular flexibility index (Phi) is 6.31. The third-order valence-electron chi connectivity index (χ3n) is 4.76. The van der Waals surface area contributed by atoms with Crippen LogP contribution in [0.3, 0.4) is 0 Å². The maximum Gasteiger partial charge on any atom is 0.387 e. The van der Waals surface area contributed by atoms with Gasteiger partial charge in [0.15, 0.2) is 17.1 Å². The van der Waals surface area contributed by atoms with Crippen LogP contribution in [-0.2, 0) is 13.1 Å². The van der Waals surface area contributed by atoms with E-state index in [0.29, 0.717) is 34.4 Å². The summed E-state index contributed by atoms with van der Waals surface area (Å²) < 4.78 is 36.3. The number of benzene rings is 1. The molecule has 0 bridgehead atoms. The Labute approximate surface area is 186 Å². The van der Waals surface area contributed by atoms with Crippen molar-refractivity contribution in [2.45, 2.75) is 26.6 Å². The Bertz CT molecular complexity index is 1240. The Morgan fingerprint density at radius 1 is 1.25 bits per heavy atom. The number of pyridine rings is 1. The van der Waals surface area contributed by atoms with Crippen LogP contribution >= 0.6 is 11.3 Å². The van der Waals surface area contributed by atoms with E-state index in [4.69, 9.17) is 4.74 Å². The summed E-state index contributed by atoms with van der Waals surface area (Å²) in [6.45, 7) is -0.375. The second-order valence-electron chi connectivity index (χ2n) is 6.98. The number of ether oxygens (including phenoxy) is 2. The number of hydrogen-bond donors (Lipinski definition) is 1. The van der Waals surface area contributed by atoms with Gasteiger partial charge in [0, 0.05) is 17.1 Å². The van der Waals surface area contributed by atoms with E-state index < -0.39 is 6.61 Å². The molecule has 10 heteroatoms. The number of halogens is 2. The van der Waals surface area contributed by atoms with Crippen molar-refractivity contribution < 1.29 is 23.0 Å². The van der Waals surface area contributed by atoms with Gasteiger partial charge in [-0.05, 0) is 42.1 Å². The first kappa shape index (κ1) is 21.7. The molecule has 3 aromatic heterocycles. The molecular weight excluding hydrogens is 438 g/mol. The molecule has 0 saturated heterocycles. The van der Waals surface area contributed by atoms with Crippen molar-refractivity contribution in [1.29, 1.82) is 0 Å². The van der Waals surface area contributed by atoms with Crippen LogP contribution in [0.1, 0.15) is 26.5 Å². The van der Waals surface area contributed by atoms with Gasteiger partial charge in [0.2, 0.25) is 0 Å². The molecule has 1 aromatic carbocycles. The van der Waals surface area contributed by atoms with E-state index in [0.717, 1.165) is 4.88 Å². The summed E-state index contributed by atoms with van der Waals surface area (Å²) in [5.41, 5.74) is 2.48. The molecular formula is C22H20F2N4O3S. The zero-order chi connectivity index (χ0) is 22.7. The molecule has 1 amide bonds. The van der Waals surface area contributed by atoms with Gasteiger partial charge in [-0.2, -0.15) is 13.9 Å². The normalized spacial score (nSPS) is 11.2. The van der Waals surface area contributed by atoms with E-state index >= 15 is 0 Å². The Balaban J connectivity index is 1.53. The second kappa shape index (κ2) is 9.31. The quantitative estimate of drug-likeness (QED) is 0.424.